The van der Waals surface area contributed by atoms with E-state index in [-0.39, 0.29) is 6.61 Å². The van der Waals surface area contributed by atoms with Crippen LogP contribution in [0.25, 0.3) is 0 Å². The van der Waals surface area contributed by atoms with Crippen LogP contribution in [0.1, 0.15) is 31.2 Å². The zero-order chi connectivity index (χ0) is 12.1. The Morgan fingerprint density at radius 2 is 2.18 bits per heavy atom. The lowest BCUT2D eigenvalue weighted by atomic mass is 10.2. The lowest BCUT2D eigenvalue weighted by molar-refractivity contribution is 0.297. The molecule has 1 aliphatic carbocycles. The molecule has 4 nitrogen and oxygen atoms in total. The summed E-state index contributed by atoms with van der Waals surface area (Å²) in [6.45, 7) is 1.36. The molecule has 1 saturated carbocycles. The van der Waals surface area contributed by atoms with Gasteiger partial charge < -0.3 is 15.7 Å². The maximum Gasteiger partial charge on any atom is 0.129 e. The first-order valence-electron chi connectivity index (χ1n) is 6.37. The summed E-state index contributed by atoms with van der Waals surface area (Å²) in [5.41, 5.74) is 6.74. The summed E-state index contributed by atoms with van der Waals surface area (Å²) < 4.78 is 0. The first-order chi connectivity index (χ1) is 8.35. The molecule has 0 atom stereocenters. The van der Waals surface area contributed by atoms with Gasteiger partial charge in [-0.25, -0.2) is 4.98 Å². The van der Waals surface area contributed by atoms with E-state index in [1.54, 1.807) is 6.20 Å². The Morgan fingerprint density at radius 1 is 1.41 bits per heavy atom. The van der Waals surface area contributed by atoms with E-state index in [1.807, 2.05) is 12.1 Å². The molecule has 1 heterocycles. The third-order valence-corrected chi connectivity index (χ3v) is 3.45. The molecule has 2 rings (SSSR count). The highest BCUT2D eigenvalue weighted by Crippen LogP contribution is 2.27. The van der Waals surface area contributed by atoms with Crippen molar-refractivity contribution in [3.8, 4) is 0 Å². The van der Waals surface area contributed by atoms with E-state index in [0.29, 0.717) is 19.1 Å². The van der Waals surface area contributed by atoms with Crippen molar-refractivity contribution in [3.05, 3.63) is 23.9 Å². The molecule has 4 heteroatoms. The van der Waals surface area contributed by atoms with Crippen LogP contribution in [0.4, 0.5) is 5.82 Å². The van der Waals surface area contributed by atoms with Crippen molar-refractivity contribution in [3.63, 3.8) is 0 Å². The Kier molecular flexibility index (Phi) is 4.34. The highest BCUT2D eigenvalue weighted by Gasteiger charge is 2.23. The van der Waals surface area contributed by atoms with E-state index in [0.717, 1.165) is 11.4 Å². The van der Waals surface area contributed by atoms with E-state index >= 15 is 0 Å². The second-order valence-electron chi connectivity index (χ2n) is 4.58. The molecule has 0 amide bonds. The summed E-state index contributed by atoms with van der Waals surface area (Å²) in [5, 5.41) is 9.19. The van der Waals surface area contributed by atoms with E-state index in [2.05, 4.69) is 9.88 Å². The van der Waals surface area contributed by atoms with Gasteiger partial charge in [-0.05, 0) is 30.5 Å². The Hall–Kier alpha value is -1.13. The van der Waals surface area contributed by atoms with E-state index in [9.17, 15) is 5.11 Å². The van der Waals surface area contributed by atoms with Crippen LogP contribution in [-0.2, 0) is 6.54 Å². The Balaban J connectivity index is 2.18. The lowest BCUT2D eigenvalue weighted by Crippen LogP contribution is -2.36. The van der Waals surface area contributed by atoms with Crippen LogP contribution in [0.5, 0.6) is 0 Å². The number of nitrogens with zero attached hydrogens (tertiary/aromatic N) is 2. The maximum absolute atomic E-state index is 9.19. The number of aromatic nitrogens is 1. The van der Waals surface area contributed by atoms with Gasteiger partial charge in [0.2, 0.25) is 0 Å². The van der Waals surface area contributed by atoms with E-state index < -0.39 is 0 Å². The predicted molar refractivity (Wildman–Crippen MR) is 68.8 cm³/mol. The van der Waals surface area contributed by atoms with Gasteiger partial charge in [-0.2, -0.15) is 0 Å². The zero-order valence-electron chi connectivity index (χ0n) is 10.2. The summed E-state index contributed by atoms with van der Waals surface area (Å²) in [7, 11) is 0. The number of pyridine rings is 1. The quantitative estimate of drug-likeness (QED) is 0.807. The monoisotopic (exact) mass is 235 g/mol. The summed E-state index contributed by atoms with van der Waals surface area (Å²) >= 11 is 0. The summed E-state index contributed by atoms with van der Waals surface area (Å²) in [5.74, 6) is 0.953. The number of hydrogen-bond acceptors (Lipinski definition) is 4. The van der Waals surface area contributed by atoms with Gasteiger partial charge in [0.25, 0.3) is 0 Å². The fourth-order valence-electron chi connectivity index (χ4n) is 2.55. The number of aliphatic hydroxyl groups excluding tert-OH is 1. The van der Waals surface area contributed by atoms with Gasteiger partial charge in [0, 0.05) is 25.3 Å². The average Bonchev–Trinajstić information content (AvgIpc) is 2.89. The molecule has 17 heavy (non-hydrogen) atoms. The molecule has 3 N–H and O–H groups in total. The van der Waals surface area contributed by atoms with Crippen molar-refractivity contribution >= 4 is 5.82 Å². The van der Waals surface area contributed by atoms with Crippen molar-refractivity contribution in [2.75, 3.05) is 18.1 Å². The topological polar surface area (TPSA) is 62.4 Å². The first kappa shape index (κ1) is 12.3. The largest absolute Gasteiger partial charge is 0.395 e. The minimum absolute atomic E-state index is 0.172. The molecule has 94 valence electrons. The van der Waals surface area contributed by atoms with Crippen LogP contribution in [0, 0.1) is 0 Å². The number of hydrogen-bond donors (Lipinski definition) is 2. The minimum atomic E-state index is 0.172. The maximum atomic E-state index is 9.19. The summed E-state index contributed by atoms with van der Waals surface area (Å²) in [4.78, 5) is 6.64. The van der Waals surface area contributed by atoms with Crippen LogP contribution in [0.15, 0.2) is 18.3 Å². The fourth-order valence-corrected chi connectivity index (χ4v) is 2.55. The highest BCUT2D eigenvalue weighted by molar-refractivity contribution is 5.42. The standard InChI is InChI=1S/C13H21N3O/c14-10-11-5-6-15-13(9-11)16(7-8-17)12-3-1-2-4-12/h5-6,9,12,17H,1-4,7-8,10,14H2. The van der Waals surface area contributed by atoms with Crippen LogP contribution in [0.3, 0.4) is 0 Å². The Labute approximate surface area is 102 Å². The predicted octanol–water partition coefficient (Wildman–Crippen LogP) is 1.28. The molecule has 0 radical (unpaired) electrons. The van der Waals surface area contributed by atoms with Gasteiger partial charge in [0.1, 0.15) is 5.82 Å². The van der Waals surface area contributed by atoms with Crippen molar-refractivity contribution in [2.45, 2.75) is 38.3 Å². The van der Waals surface area contributed by atoms with Crippen LogP contribution < -0.4 is 10.6 Å². The van der Waals surface area contributed by atoms with Crippen molar-refractivity contribution in [1.29, 1.82) is 0 Å². The number of rotatable bonds is 5. The second-order valence-corrected chi connectivity index (χ2v) is 4.58. The first-order valence-corrected chi connectivity index (χ1v) is 6.37. The summed E-state index contributed by atoms with van der Waals surface area (Å²) in [6.07, 6.45) is 6.77. The normalized spacial score (nSPS) is 16.4. The molecule has 1 aromatic heterocycles. The average molecular weight is 235 g/mol. The van der Waals surface area contributed by atoms with Crippen LogP contribution in [-0.4, -0.2) is 29.3 Å². The van der Waals surface area contributed by atoms with Gasteiger partial charge >= 0.3 is 0 Å². The molecule has 0 spiro atoms. The van der Waals surface area contributed by atoms with Crippen LogP contribution >= 0.6 is 0 Å². The fraction of sp³-hybridized carbons (Fsp3) is 0.615. The molecule has 0 aromatic carbocycles. The Bertz CT molecular complexity index is 350. The second kappa shape index (κ2) is 5.98. The van der Waals surface area contributed by atoms with E-state index in [1.165, 1.54) is 25.7 Å². The third-order valence-electron chi connectivity index (χ3n) is 3.45. The molecular formula is C13H21N3O. The van der Waals surface area contributed by atoms with Crippen molar-refractivity contribution in [1.82, 2.24) is 4.98 Å². The summed E-state index contributed by atoms with van der Waals surface area (Å²) in [6, 6.07) is 4.51. The molecule has 0 bridgehead atoms. The van der Waals surface area contributed by atoms with Gasteiger partial charge in [0.05, 0.1) is 6.61 Å². The lowest BCUT2D eigenvalue weighted by Gasteiger charge is -2.29. The van der Waals surface area contributed by atoms with Gasteiger partial charge in [-0.3, -0.25) is 0 Å². The zero-order valence-corrected chi connectivity index (χ0v) is 10.2. The minimum Gasteiger partial charge on any atom is -0.395 e. The SMILES string of the molecule is NCc1ccnc(N(CCO)C2CCCC2)c1. The molecule has 0 unspecified atom stereocenters. The number of aliphatic hydroxyl groups is 1. The van der Waals surface area contributed by atoms with Gasteiger partial charge in [-0.1, -0.05) is 12.8 Å². The smallest absolute Gasteiger partial charge is 0.129 e. The molecule has 0 aliphatic heterocycles. The van der Waals surface area contributed by atoms with Crippen molar-refractivity contribution < 1.29 is 5.11 Å². The molecule has 0 saturated heterocycles. The molecule has 1 fully saturated rings. The van der Waals surface area contributed by atoms with Gasteiger partial charge in [0.15, 0.2) is 0 Å². The number of nitrogens with two attached hydrogens (primary N) is 1. The van der Waals surface area contributed by atoms with Crippen LogP contribution in [0.2, 0.25) is 0 Å². The highest BCUT2D eigenvalue weighted by atomic mass is 16.3. The molecule has 1 aromatic rings. The van der Waals surface area contributed by atoms with Gasteiger partial charge in [-0.15, -0.1) is 0 Å². The Morgan fingerprint density at radius 3 is 2.82 bits per heavy atom. The van der Waals surface area contributed by atoms with E-state index in [4.69, 9.17) is 5.73 Å². The third kappa shape index (κ3) is 2.96. The van der Waals surface area contributed by atoms with Crippen molar-refractivity contribution in [2.24, 2.45) is 5.73 Å². The number of anilines is 1. The molecular weight excluding hydrogens is 214 g/mol. The molecule has 1 aliphatic rings.